The number of hydrogen-bond acceptors (Lipinski definition) is 8. The highest BCUT2D eigenvalue weighted by atomic mass is 16.6. The van der Waals surface area contributed by atoms with Crippen LogP contribution in [0.2, 0.25) is 0 Å². The number of aryl methyl sites for hydroxylation is 2. The SMILES string of the molecule is CCC(COC(N)=O)(COC(N)=O)COC(=O)NCCCCCCNC(=O)n1nc(C)cc1C. The Labute approximate surface area is 198 Å². The van der Waals surface area contributed by atoms with Gasteiger partial charge < -0.3 is 36.3 Å². The van der Waals surface area contributed by atoms with Gasteiger partial charge in [-0.15, -0.1) is 0 Å². The van der Waals surface area contributed by atoms with E-state index in [4.69, 9.17) is 25.7 Å². The lowest BCUT2D eigenvalue weighted by atomic mass is 9.88. The minimum atomic E-state index is -0.993. The van der Waals surface area contributed by atoms with Gasteiger partial charge in [-0.3, -0.25) is 0 Å². The van der Waals surface area contributed by atoms with E-state index in [-0.39, 0.29) is 25.9 Å². The zero-order valence-corrected chi connectivity index (χ0v) is 20.1. The lowest BCUT2D eigenvalue weighted by Gasteiger charge is -2.30. The zero-order chi connectivity index (χ0) is 25.6. The highest BCUT2D eigenvalue weighted by Crippen LogP contribution is 2.24. The molecule has 1 heterocycles. The molecule has 0 aromatic carbocycles. The van der Waals surface area contributed by atoms with Crippen molar-refractivity contribution in [1.29, 1.82) is 0 Å². The number of rotatable bonds is 14. The summed E-state index contributed by atoms with van der Waals surface area (Å²) in [6, 6.07) is 1.59. The van der Waals surface area contributed by atoms with Gasteiger partial charge in [0.25, 0.3) is 0 Å². The molecule has 1 aromatic heterocycles. The Kier molecular flexibility index (Phi) is 12.2. The van der Waals surface area contributed by atoms with E-state index in [0.717, 1.165) is 37.1 Å². The standard InChI is InChI=1S/C21H36N6O7/c1-4-21(12-32-17(22)28,13-33-18(23)29)14-34-20(31)25-10-8-6-5-7-9-24-19(30)27-16(3)11-15(2)26-27/h11H,4-10,12-14H2,1-3H3,(H2,22,28)(H2,23,29)(H,24,30)(H,25,31). The Morgan fingerprint density at radius 3 is 1.91 bits per heavy atom. The van der Waals surface area contributed by atoms with Crippen LogP contribution < -0.4 is 22.1 Å². The molecule has 4 amide bonds. The number of amides is 4. The largest absolute Gasteiger partial charge is 0.449 e. The molecule has 0 aliphatic heterocycles. The van der Waals surface area contributed by atoms with E-state index in [2.05, 4.69) is 15.7 Å². The number of hydrogen-bond donors (Lipinski definition) is 4. The average molecular weight is 485 g/mol. The first kappa shape index (κ1) is 28.5. The fourth-order valence-corrected chi connectivity index (χ4v) is 3.05. The molecule has 0 saturated carbocycles. The summed E-state index contributed by atoms with van der Waals surface area (Å²) < 4.78 is 16.2. The van der Waals surface area contributed by atoms with E-state index in [1.807, 2.05) is 19.9 Å². The normalized spacial score (nSPS) is 10.9. The average Bonchev–Trinajstić information content (AvgIpc) is 3.13. The maximum Gasteiger partial charge on any atom is 0.407 e. The highest BCUT2D eigenvalue weighted by molar-refractivity contribution is 5.76. The van der Waals surface area contributed by atoms with E-state index in [0.29, 0.717) is 19.5 Å². The third-order valence-corrected chi connectivity index (χ3v) is 5.15. The van der Waals surface area contributed by atoms with Crippen LogP contribution in [0.25, 0.3) is 0 Å². The quantitative estimate of drug-likeness (QED) is 0.227. The minimum Gasteiger partial charge on any atom is -0.449 e. The molecule has 0 atom stereocenters. The highest BCUT2D eigenvalue weighted by Gasteiger charge is 2.33. The summed E-state index contributed by atoms with van der Waals surface area (Å²) in [5.74, 6) is 0. The Balaban J connectivity index is 2.23. The lowest BCUT2D eigenvalue weighted by molar-refractivity contribution is -0.0144. The third kappa shape index (κ3) is 10.9. The molecule has 0 fully saturated rings. The van der Waals surface area contributed by atoms with E-state index in [9.17, 15) is 19.2 Å². The van der Waals surface area contributed by atoms with Gasteiger partial charge in [0.05, 0.1) is 11.1 Å². The van der Waals surface area contributed by atoms with Crippen LogP contribution in [0.1, 0.15) is 50.4 Å². The Hall–Kier alpha value is -3.51. The van der Waals surface area contributed by atoms with Crippen molar-refractivity contribution in [3.05, 3.63) is 17.5 Å². The van der Waals surface area contributed by atoms with Crippen LogP contribution in [0.3, 0.4) is 0 Å². The van der Waals surface area contributed by atoms with Crippen LogP contribution in [-0.2, 0) is 14.2 Å². The number of unbranched alkanes of at least 4 members (excludes halogenated alkanes) is 3. The summed E-state index contributed by atoms with van der Waals surface area (Å²) in [7, 11) is 0. The first-order valence-corrected chi connectivity index (χ1v) is 11.1. The maximum absolute atomic E-state index is 12.1. The van der Waals surface area contributed by atoms with Crippen molar-refractivity contribution in [2.45, 2.75) is 52.9 Å². The second-order valence-corrected chi connectivity index (χ2v) is 8.06. The second-order valence-electron chi connectivity index (χ2n) is 8.06. The van der Waals surface area contributed by atoms with Gasteiger partial charge in [-0.05, 0) is 39.2 Å². The van der Waals surface area contributed by atoms with E-state index in [1.165, 1.54) is 4.68 Å². The predicted molar refractivity (Wildman–Crippen MR) is 122 cm³/mol. The van der Waals surface area contributed by atoms with E-state index < -0.39 is 23.7 Å². The molecule has 1 aromatic rings. The molecular weight excluding hydrogens is 448 g/mol. The molecule has 0 unspecified atom stereocenters. The van der Waals surface area contributed by atoms with Gasteiger partial charge in [-0.1, -0.05) is 19.8 Å². The van der Waals surface area contributed by atoms with Gasteiger partial charge in [-0.2, -0.15) is 9.78 Å². The number of aromatic nitrogens is 2. The molecule has 0 aliphatic carbocycles. The molecule has 13 nitrogen and oxygen atoms in total. The summed E-state index contributed by atoms with van der Waals surface area (Å²) in [5.41, 5.74) is 10.6. The summed E-state index contributed by atoms with van der Waals surface area (Å²) in [6.07, 6.45) is 1.00. The molecule has 13 heteroatoms. The van der Waals surface area contributed by atoms with Crippen molar-refractivity contribution in [3.8, 4) is 0 Å². The minimum absolute atomic E-state index is 0.162. The molecule has 0 saturated heterocycles. The summed E-state index contributed by atoms with van der Waals surface area (Å²) in [4.78, 5) is 45.9. The third-order valence-electron chi connectivity index (χ3n) is 5.15. The number of carbonyl (C=O) groups excluding carboxylic acids is 4. The van der Waals surface area contributed by atoms with Gasteiger partial charge >= 0.3 is 24.3 Å². The van der Waals surface area contributed by atoms with Crippen LogP contribution in [0.15, 0.2) is 6.07 Å². The summed E-state index contributed by atoms with van der Waals surface area (Å²) in [6.45, 7) is 5.80. The van der Waals surface area contributed by atoms with Crippen molar-refractivity contribution in [2.75, 3.05) is 32.9 Å². The van der Waals surface area contributed by atoms with Gasteiger partial charge in [0.2, 0.25) is 0 Å². The van der Waals surface area contributed by atoms with Gasteiger partial charge in [0.1, 0.15) is 19.8 Å². The monoisotopic (exact) mass is 484 g/mol. The molecular formula is C21H36N6O7. The smallest absolute Gasteiger partial charge is 0.407 e. The molecule has 34 heavy (non-hydrogen) atoms. The topological polar surface area (TPSA) is 190 Å². The van der Waals surface area contributed by atoms with E-state index in [1.54, 1.807) is 6.92 Å². The Morgan fingerprint density at radius 2 is 1.44 bits per heavy atom. The van der Waals surface area contributed by atoms with Gasteiger partial charge in [0.15, 0.2) is 0 Å². The summed E-state index contributed by atoms with van der Waals surface area (Å²) in [5, 5.41) is 9.60. The number of alkyl carbamates (subject to hydrolysis) is 1. The fourth-order valence-electron chi connectivity index (χ4n) is 3.05. The van der Waals surface area contributed by atoms with Crippen LogP contribution >= 0.6 is 0 Å². The molecule has 0 bridgehead atoms. The summed E-state index contributed by atoms with van der Waals surface area (Å²) >= 11 is 0. The van der Waals surface area contributed by atoms with Crippen LogP contribution in [0.4, 0.5) is 19.2 Å². The Bertz CT molecular complexity index is 809. The number of primary amides is 2. The Morgan fingerprint density at radius 1 is 0.912 bits per heavy atom. The second kappa shape index (κ2) is 14.6. The molecule has 0 spiro atoms. The molecule has 1 rings (SSSR count). The molecule has 0 aliphatic rings. The van der Waals surface area contributed by atoms with Crippen LogP contribution in [-0.4, -0.2) is 67.0 Å². The van der Waals surface area contributed by atoms with E-state index >= 15 is 0 Å². The molecule has 6 N–H and O–H groups in total. The number of nitrogens with one attached hydrogen (secondary N) is 2. The van der Waals surface area contributed by atoms with Crippen molar-refractivity contribution < 1.29 is 33.4 Å². The van der Waals surface area contributed by atoms with Crippen molar-refractivity contribution in [1.82, 2.24) is 20.4 Å². The van der Waals surface area contributed by atoms with Crippen LogP contribution in [0.5, 0.6) is 0 Å². The predicted octanol–water partition coefficient (Wildman–Crippen LogP) is 1.93. The number of carbonyl (C=O) groups is 4. The van der Waals surface area contributed by atoms with Crippen LogP contribution in [0, 0.1) is 19.3 Å². The molecule has 192 valence electrons. The fraction of sp³-hybridized carbons (Fsp3) is 0.667. The van der Waals surface area contributed by atoms with Crippen molar-refractivity contribution in [2.24, 2.45) is 16.9 Å². The lowest BCUT2D eigenvalue weighted by Crippen LogP contribution is -2.41. The zero-order valence-electron chi connectivity index (χ0n) is 20.1. The van der Waals surface area contributed by atoms with Gasteiger partial charge in [0, 0.05) is 18.8 Å². The van der Waals surface area contributed by atoms with Gasteiger partial charge in [-0.25, -0.2) is 19.2 Å². The maximum atomic E-state index is 12.1. The number of ether oxygens (including phenoxy) is 3. The first-order chi connectivity index (χ1) is 16.1. The van der Waals surface area contributed by atoms with Crippen molar-refractivity contribution >= 4 is 24.3 Å². The number of nitrogens with two attached hydrogens (primary N) is 2. The number of nitrogens with zero attached hydrogens (tertiary/aromatic N) is 2. The van der Waals surface area contributed by atoms with Crippen molar-refractivity contribution in [3.63, 3.8) is 0 Å². The first-order valence-electron chi connectivity index (χ1n) is 11.1. The molecule has 0 radical (unpaired) electrons.